The fourth-order valence-corrected chi connectivity index (χ4v) is 3.01. The summed E-state index contributed by atoms with van der Waals surface area (Å²) < 4.78 is 0. The number of rotatable bonds is 5. The van der Waals surface area contributed by atoms with E-state index in [0.29, 0.717) is 12.5 Å². The van der Waals surface area contributed by atoms with Gasteiger partial charge in [-0.2, -0.15) is 0 Å². The van der Waals surface area contributed by atoms with Gasteiger partial charge in [0.05, 0.1) is 6.42 Å². The lowest BCUT2D eigenvalue weighted by Crippen LogP contribution is -2.44. The van der Waals surface area contributed by atoms with Crippen molar-refractivity contribution in [2.75, 3.05) is 6.54 Å². The number of hydrogen-bond acceptors (Lipinski definition) is 2. The van der Waals surface area contributed by atoms with Crippen molar-refractivity contribution in [1.29, 1.82) is 0 Å². The molecule has 1 aliphatic heterocycles. The lowest BCUT2D eigenvalue weighted by Gasteiger charge is -2.33. The zero-order chi connectivity index (χ0) is 13.9. The van der Waals surface area contributed by atoms with Gasteiger partial charge in [0, 0.05) is 18.0 Å². The minimum absolute atomic E-state index is 0.0729. The summed E-state index contributed by atoms with van der Waals surface area (Å²) in [6.45, 7) is 8.84. The first kappa shape index (κ1) is 15.0. The topological polar surface area (TPSA) is 57.6 Å². The fourth-order valence-electron chi connectivity index (χ4n) is 3.01. The number of amides is 1. The number of likely N-dealkylation sites (tertiary alicyclic amines) is 1. The van der Waals surface area contributed by atoms with Crippen molar-refractivity contribution in [2.45, 2.75) is 59.4 Å². The van der Waals surface area contributed by atoms with Crippen molar-refractivity contribution < 1.29 is 14.7 Å². The average Bonchev–Trinajstić information content (AvgIpc) is 2.61. The van der Waals surface area contributed by atoms with E-state index in [-0.39, 0.29) is 18.4 Å². The average molecular weight is 255 g/mol. The predicted octanol–water partition coefficient (Wildman–Crippen LogP) is 2.52. The molecule has 1 fully saturated rings. The van der Waals surface area contributed by atoms with Crippen LogP contribution in [-0.4, -0.2) is 34.5 Å². The maximum atomic E-state index is 12.5. The van der Waals surface area contributed by atoms with Crippen molar-refractivity contribution in [2.24, 2.45) is 11.3 Å². The summed E-state index contributed by atoms with van der Waals surface area (Å²) in [6, 6.07) is -0.110. The van der Waals surface area contributed by atoms with Gasteiger partial charge in [0.25, 0.3) is 0 Å². The van der Waals surface area contributed by atoms with Crippen molar-refractivity contribution in [3.05, 3.63) is 0 Å². The van der Waals surface area contributed by atoms with Crippen molar-refractivity contribution in [1.82, 2.24) is 4.90 Å². The van der Waals surface area contributed by atoms with E-state index in [1.165, 1.54) is 0 Å². The van der Waals surface area contributed by atoms with Gasteiger partial charge in [0.2, 0.25) is 5.91 Å². The second-order valence-electron chi connectivity index (χ2n) is 6.37. The largest absolute Gasteiger partial charge is 0.481 e. The molecule has 1 saturated heterocycles. The highest BCUT2D eigenvalue weighted by molar-refractivity contribution is 5.83. The van der Waals surface area contributed by atoms with E-state index < -0.39 is 11.4 Å². The number of carbonyl (C=O) groups is 2. The van der Waals surface area contributed by atoms with E-state index in [1.54, 1.807) is 4.90 Å². The molecule has 1 amide bonds. The number of carbonyl (C=O) groups excluding carboxylic acids is 1. The Morgan fingerprint density at radius 1 is 1.39 bits per heavy atom. The Hall–Kier alpha value is -1.06. The minimum Gasteiger partial charge on any atom is -0.481 e. The van der Waals surface area contributed by atoms with Gasteiger partial charge in [-0.15, -0.1) is 0 Å². The Kier molecular flexibility index (Phi) is 4.77. The molecule has 0 bridgehead atoms. The molecule has 1 heterocycles. The van der Waals surface area contributed by atoms with Gasteiger partial charge in [-0.3, -0.25) is 9.59 Å². The highest BCUT2D eigenvalue weighted by atomic mass is 16.4. The highest BCUT2D eigenvalue weighted by Gasteiger charge is 2.38. The summed E-state index contributed by atoms with van der Waals surface area (Å²) in [7, 11) is 0. The third-order valence-electron chi connectivity index (χ3n) is 3.55. The summed E-state index contributed by atoms with van der Waals surface area (Å²) in [5.41, 5.74) is -0.394. The van der Waals surface area contributed by atoms with Crippen LogP contribution < -0.4 is 0 Å². The van der Waals surface area contributed by atoms with Gasteiger partial charge in [0.15, 0.2) is 0 Å². The highest BCUT2D eigenvalue weighted by Crippen LogP contribution is 2.32. The molecule has 0 saturated carbocycles. The van der Waals surface area contributed by atoms with Gasteiger partial charge >= 0.3 is 5.97 Å². The van der Waals surface area contributed by atoms with Gasteiger partial charge in [-0.25, -0.2) is 0 Å². The quantitative estimate of drug-likeness (QED) is 0.821. The fraction of sp³-hybridized carbons (Fsp3) is 0.857. The molecule has 104 valence electrons. The van der Waals surface area contributed by atoms with Crippen LogP contribution in [0.2, 0.25) is 0 Å². The summed E-state index contributed by atoms with van der Waals surface area (Å²) in [4.78, 5) is 25.1. The summed E-state index contributed by atoms with van der Waals surface area (Å²) in [5, 5.41) is 8.88. The molecule has 0 aromatic rings. The van der Waals surface area contributed by atoms with Gasteiger partial charge in [-0.05, 0) is 25.2 Å². The predicted molar refractivity (Wildman–Crippen MR) is 70.2 cm³/mol. The van der Waals surface area contributed by atoms with Gasteiger partial charge in [0.1, 0.15) is 0 Å². The second kappa shape index (κ2) is 5.72. The van der Waals surface area contributed by atoms with E-state index in [4.69, 9.17) is 5.11 Å². The molecule has 0 aromatic heterocycles. The second-order valence-corrected chi connectivity index (χ2v) is 6.37. The van der Waals surface area contributed by atoms with Crippen LogP contribution in [0.4, 0.5) is 0 Å². The van der Waals surface area contributed by atoms with Gasteiger partial charge in [-0.1, -0.05) is 27.7 Å². The zero-order valence-corrected chi connectivity index (χ0v) is 11.9. The molecular weight excluding hydrogens is 230 g/mol. The van der Waals surface area contributed by atoms with Crippen LogP contribution in [-0.2, 0) is 9.59 Å². The van der Waals surface area contributed by atoms with Crippen LogP contribution in [0.15, 0.2) is 0 Å². The Balaban J connectivity index is 2.72. The first-order valence-electron chi connectivity index (χ1n) is 6.77. The van der Waals surface area contributed by atoms with Crippen LogP contribution in [0.3, 0.4) is 0 Å². The molecule has 0 aliphatic carbocycles. The van der Waals surface area contributed by atoms with Crippen LogP contribution in [0.1, 0.15) is 53.4 Å². The normalized spacial score (nSPS) is 20.5. The van der Waals surface area contributed by atoms with Crippen molar-refractivity contribution in [3.63, 3.8) is 0 Å². The van der Waals surface area contributed by atoms with Crippen LogP contribution in [0, 0.1) is 11.3 Å². The number of carboxylic acid groups (broad SMARTS) is 1. The van der Waals surface area contributed by atoms with Crippen molar-refractivity contribution in [3.8, 4) is 0 Å². The smallest absolute Gasteiger partial charge is 0.305 e. The molecule has 0 radical (unpaired) electrons. The molecule has 0 aromatic carbocycles. The Morgan fingerprint density at radius 2 is 2.00 bits per heavy atom. The molecule has 4 heteroatoms. The summed E-state index contributed by atoms with van der Waals surface area (Å²) in [5.74, 6) is -0.245. The summed E-state index contributed by atoms with van der Waals surface area (Å²) >= 11 is 0. The standard InChI is InChI=1S/C14H25NO3/c1-10(2)9-14(3,4)13(18)15-7-5-6-11(15)8-12(16)17/h10-11H,5-9H2,1-4H3,(H,16,17). The zero-order valence-electron chi connectivity index (χ0n) is 11.9. The van der Waals surface area contributed by atoms with E-state index in [9.17, 15) is 9.59 Å². The Labute approximate surface area is 109 Å². The van der Waals surface area contributed by atoms with Crippen LogP contribution >= 0.6 is 0 Å². The first-order chi connectivity index (χ1) is 8.24. The number of hydrogen-bond donors (Lipinski definition) is 1. The number of aliphatic carboxylic acids is 1. The lowest BCUT2D eigenvalue weighted by molar-refractivity contribution is -0.144. The Bertz CT molecular complexity index is 323. The van der Waals surface area contributed by atoms with E-state index in [2.05, 4.69) is 13.8 Å². The van der Waals surface area contributed by atoms with E-state index >= 15 is 0 Å². The third kappa shape index (κ3) is 3.72. The molecule has 1 rings (SSSR count). The molecule has 4 nitrogen and oxygen atoms in total. The third-order valence-corrected chi connectivity index (χ3v) is 3.55. The van der Waals surface area contributed by atoms with Crippen molar-refractivity contribution >= 4 is 11.9 Å². The molecule has 1 unspecified atom stereocenters. The van der Waals surface area contributed by atoms with Gasteiger partial charge < -0.3 is 10.0 Å². The maximum Gasteiger partial charge on any atom is 0.305 e. The number of nitrogens with zero attached hydrogens (tertiary/aromatic N) is 1. The molecule has 1 N–H and O–H groups in total. The monoisotopic (exact) mass is 255 g/mol. The Morgan fingerprint density at radius 3 is 2.50 bits per heavy atom. The van der Waals surface area contributed by atoms with E-state index in [1.807, 2.05) is 13.8 Å². The first-order valence-corrected chi connectivity index (χ1v) is 6.77. The molecule has 18 heavy (non-hydrogen) atoms. The number of carboxylic acids is 1. The molecule has 1 atom stereocenters. The maximum absolute atomic E-state index is 12.5. The van der Waals surface area contributed by atoms with Crippen LogP contribution in [0.5, 0.6) is 0 Å². The SMILES string of the molecule is CC(C)CC(C)(C)C(=O)N1CCCC1CC(=O)O. The molecule has 1 aliphatic rings. The molecule has 0 spiro atoms. The summed E-state index contributed by atoms with van der Waals surface area (Å²) in [6.07, 6.45) is 2.64. The lowest BCUT2D eigenvalue weighted by atomic mass is 9.82. The van der Waals surface area contributed by atoms with Crippen LogP contribution in [0.25, 0.3) is 0 Å². The molecular formula is C14H25NO3. The minimum atomic E-state index is -0.818. The van der Waals surface area contributed by atoms with E-state index in [0.717, 1.165) is 19.3 Å².